The van der Waals surface area contributed by atoms with Crippen LogP contribution in [0, 0.1) is 0 Å². The molecule has 2 rings (SSSR count). The fourth-order valence-electron chi connectivity index (χ4n) is 1.89. The molecular formula is C12H14I2Ti. The molecule has 0 spiro atoms. The van der Waals surface area contributed by atoms with Gasteiger partial charge in [-0.15, -0.1) is 0 Å². The quantitative estimate of drug-likeness (QED) is 0.412. The van der Waals surface area contributed by atoms with Gasteiger partial charge in [0.15, 0.2) is 0 Å². The van der Waals surface area contributed by atoms with E-state index < -0.39 is 0 Å². The zero-order valence-electron chi connectivity index (χ0n) is 8.71. The molecular weight excluding hydrogens is 446 g/mol. The van der Waals surface area contributed by atoms with Crippen LogP contribution in [0.15, 0.2) is 30.3 Å². The van der Waals surface area contributed by atoms with Crippen LogP contribution in [0.1, 0.15) is 36.8 Å². The molecule has 1 aromatic carbocycles. The molecule has 0 heterocycles. The second-order valence-corrected chi connectivity index (χ2v) is 16.6. The predicted molar refractivity (Wildman–Crippen MR) is 81.2 cm³/mol. The standard InChI is InChI=1S/C12H14.2HI.Ti/c1-2-5-10-8-9-11-6-3-4-7-12(10)11;;;/h3-4,6-10H,2,5H2,1H3;2*1H;/q;;;+2/p-2. The average Bonchev–Trinajstić information content (AvgIpc) is 2.64. The van der Waals surface area contributed by atoms with Crippen LogP contribution in [0.3, 0.4) is 0 Å². The van der Waals surface area contributed by atoms with Crippen LogP contribution in [0.4, 0.5) is 0 Å². The average molecular weight is 460 g/mol. The minimum absolute atomic E-state index is 0.440. The fourth-order valence-corrected chi connectivity index (χ4v) is 1.89. The maximum atomic E-state index is 2.40. The van der Waals surface area contributed by atoms with Crippen LogP contribution in [0.2, 0.25) is 0 Å². The number of hydrogen-bond acceptors (Lipinski definition) is 0. The van der Waals surface area contributed by atoms with Crippen molar-refractivity contribution in [2.45, 2.75) is 25.7 Å². The number of benzene rings is 1. The Hall–Kier alpha value is 1.13. The van der Waals surface area contributed by atoms with Crippen molar-refractivity contribution in [1.29, 1.82) is 0 Å². The first kappa shape index (κ1) is 14.2. The number of allylic oxidation sites excluding steroid dienone is 1. The molecule has 3 heteroatoms. The summed E-state index contributed by atoms with van der Waals surface area (Å²) in [5, 5.41) is 0. The number of fused-ring (bicyclic) bond motifs is 1. The molecule has 1 aromatic rings. The Labute approximate surface area is 122 Å². The zero-order chi connectivity index (χ0) is 11.1. The van der Waals surface area contributed by atoms with Gasteiger partial charge in [-0.2, -0.15) is 0 Å². The molecule has 0 aromatic heterocycles. The first-order valence-electron chi connectivity index (χ1n) is 5.06. The van der Waals surface area contributed by atoms with Gasteiger partial charge in [0.2, 0.25) is 0 Å². The van der Waals surface area contributed by atoms with Crippen LogP contribution in [0.25, 0.3) is 6.08 Å². The van der Waals surface area contributed by atoms with E-state index in [1.165, 1.54) is 24.0 Å². The van der Waals surface area contributed by atoms with Crippen molar-refractivity contribution in [3.8, 4) is 0 Å². The molecule has 0 saturated carbocycles. The van der Waals surface area contributed by atoms with Gasteiger partial charge in [-0.3, -0.25) is 0 Å². The van der Waals surface area contributed by atoms with E-state index in [4.69, 9.17) is 0 Å². The van der Waals surface area contributed by atoms with E-state index in [-0.39, 0.29) is 0 Å². The third-order valence-electron chi connectivity index (χ3n) is 2.50. The van der Waals surface area contributed by atoms with Crippen molar-refractivity contribution in [1.82, 2.24) is 0 Å². The Bertz CT molecular complexity index is 323. The first-order valence-corrected chi connectivity index (χ1v) is 15.1. The van der Waals surface area contributed by atoms with Gasteiger partial charge in [0.05, 0.1) is 0 Å². The third-order valence-corrected chi connectivity index (χ3v) is 2.50. The molecule has 1 aliphatic rings. The molecule has 0 fully saturated rings. The van der Waals surface area contributed by atoms with Gasteiger partial charge in [0.25, 0.3) is 0 Å². The third kappa shape index (κ3) is 4.48. The summed E-state index contributed by atoms with van der Waals surface area (Å²) in [5.41, 5.74) is 2.93. The van der Waals surface area contributed by atoms with Crippen molar-refractivity contribution >= 4 is 44.5 Å². The Morgan fingerprint density at radius 1 is 1.27 bits per heavy atom. The van der Waals surface area contributed by atoms with Gasteiger partial charge in [0.1, 0.15) is 0 Å². The Balaban J connectivity index is 0.000000337. The number of halogens is 2. The van der Waals surface area contributed by atoms with E-state index in [9.17, 15) is 0 Å². The molecule has 0 radical (unpaired) electrons. The minimum atomic E-state index is 0.440. The molecule has 0 amide bonds. The van der Waals surface area contributed by atoms with Crippen molar-refractivity contribution < 1.29 is 11.7 Å². The van der Waals surface area contributed by atoms with E-state index in [1.807, 2.05) is 0 Å². The summed E-state index contributed by atoms with van der Waals surface area (Å²) >= 11 is 5.24. The molecule has 0 bridgehead atoms. The monoisotopic (exact) mass is 460 g/mol. The van der Waals surface area contributed by atoms with Crippen LogP contribution in [-0.4, -0.2) is 0 Å². The van der Waals surface area contributed by atoms with Crippen molar-refractivity contribution in [2.24, 2.45) is 0 Å². The molecule has 1 aliphatic carbocycles. The van der Waals surface area contributed by atoms with Gasteiger partial charge in [-0.25, -0.2) is 0 Å². The molecule has 0 aliphatic heterocycles. The Kier molecular flexibility index (Phi) is 7.82. The maximum absolute atomic E-state index is 2.40. The molecule has 1 unspecified atom stereocenters. The van der Waals surface area contributed by atoms with Crippen LogP contribution in [0.5, 0.6) is 0 Å². The number of rotatable bonds is 2. The van der Waals surface area contributed by atoms with Crippen molar-refractivity contribution in [3.05, 3.63) is 41.5 Å². The zero-order valence-corrected chi connectivity index (χ0v) is 14.6. The van der Waals surface area contributed by atoms with Crippen molar-refractivity contribution in [2.75, 3.05) is 0 Å². The molecule has 0 saturated heterocycles. The van der Waals surface area contributed by atoms with Crippen molar-refractivity contribution in [3.63, 3.8) is 0 Å². The van der Waals surface area contributed by atoms with Gasteiger partial charge < -0.3 is 0 Å². The second-order valence-electron chi connectivity index (χ2n) is 3.45. The normalized spacial score (nSPS) is 16.6. The summed E-state index contributed by atoms with van der Waals surface area (Å²) in [6.07, 6.45) is 7.13. The van der Waals surface area contributed by atoms with E-state index in [1.54, 1.807) is 0 Å². The fraction of sp³-hybridized carbons (Fsp3) is 0.333. The van der Waals surface area contributed by atoms with Gasteiger partial charge in [0, 0.05) is 5.92 Å². The van der Waals surface area contributed by atoms with E-state index >= 15 is 0 Å². The Morgan fingerprint density at radius 2 is 1.93 bits per heavy atom. The Morgan fingerprint density at radius 3 is 2.60 bits per heavy atom. The van der Waals surface area contributed by atoms with Gasteiger partial charge >= 0.3 is 50.0 Å². The summed E-state index contributed by atoms with van der Waals surface area (Å²) in [6.45, 7) is 2.24. The molecule has 1 atom stereocenters. The molecule has 15 heavy (non-hydrogen) atoms. The molecule has 80 valence electrons. The second kappa shape index (κ2) is 8.26. The first-order chi connectivity index (χ1) is 7.33. The van der Waals surface area contributed by atoms with Gasteiger partial charge in [-0.05, 0) is 17.5 Å². The van der Waals surface area contributed by atoms with Crippen LogP contribution in [-0.2, 0) is 11.7 Å². The predicted octanol–water partition coefficient (Wildman–Crippen LogP) is 5.37. The van der Waals surface area contributed by atoms with E-state index in [0.29, 0.717) is 17.6 Å². The molecule has 0 N–H and O–H groups in total. The SMILES string of the molecule is CCCC1C=Cc2ccccc21.[I][Ti][I]. The summed E-state index contributed by atoms with van der Waals surface area (Å²) in [7, 11) is 0. The summed E-state index contributed by atoms with van der Waals surface area (Å²) in [6, 6.07) is 8.68. The number of hydrogen-bond donors (Lipinski definition) is 0. The van der Waals surface area contributed by atoms with E-state index in [2.05, 4.69) is 81.7 Å². The van der Waals surface area contributed by atoms with Crippen LogP contribution < -0.4 is 0 Å². The van der Waals surface area contributed by atoms with Crippen LogP contribution >= 0.6 is 38.4 Å². The summed E-state index contributed by atoms with van der Waals surface area (Å²) < 4.78 is 0. The molecule has 0 nitrogen and oxygen atoms in total. The summed E-state index contributed by atoms with van der Waals surface area (Å²) in [4.78, 5) is 0. The summed E-state index contributed by atoms with van der Waals surface area (Å²) in [5.74, 6) is 0.686. The topological polar surface area (TPSA) is 0 Å². The van der Waals surface area contributed by atoms with E-state index in [0.717, 1.165) is 0 Å². The van der Waals surface area contributed by atoms with Gasteiger partial charge in [-0.1, -0.05) is 49.8 Å².